The first-order valence-corrected chi connectivity index (χ1v) is 4.03. The molecule has 5 nitrogen and oxygen atoms in total. The molecule has 0 bridgehead atoms. The lowest BCUT2D eigenvalue weighted by Crippen LogP contribution is -2.48. The molecule has 2 N–H and O–H groups in total. The van der Waals surface area contributed by atoms with Gasteiger partial charge in [0, 0.05) is 11.8 Å². The summed E-state index contributed by atoms with van der Waals surface area (Å²) in [5.41, 5.74) is 6.05. The van der Waals surface area contributed by atoms with Crippen molar-refractivity contribution in [2.45, 2.75) is 0 Å². The van der Waals surface area contributed by atoms with Crippen molar-refractivity contribution in [2.75, 3.05) is 12.8 Å². The van der Waals surface area contributed by atoms with E-state index in [4.69, 9.17) is 5.73 Å². The topological polar surface area (TPSA) is 75.5 Å². The Hall–Kier alpha value is -2.04. The number of nitrogen functional groups attached to an aromatic ring is 1. The third kappa shape index (κ3) is 1.10. The standard InChI is InChI=1S/C9H7N3O2/c1-12-7-3-2-5(10)4-6(7)11-8(13)9(12)14/h2-4H,1H3,(H-,10,11,13)/p+1. The molecule has 0 fully saturated rings. The van der Waals surface area contributed by atoms with Gasteiger partial charge in [0.1, 0.15) is 12.4 Å². The van der Waals surface area contributed by atoms with Crippen LogP contribution in [0, 0.1) is 0 Å². The van der Waals surface area contributed by atoms with Gasteiger partial charge in [-0.25, -0.2) is 4.79 Å². The minimum Gasteiger partial charge on any atom is -0.399 e. The van der Waals surface area contributed by atoms with Gasteiger partial charge in [-0.3, -0.25) is 4.79 Å². The molecule has 14 heavy (non-hydrogen) atoms. The van der Waals surface area contributed by atoms with E-state index in [9.17, 15) is 9.59 Å². The Balaban J connectivity index is 2.94. The molecule has 1 aromatic rings. The van der Waals surface area contributed by atoms with Gasteiger partial charge in [-0.15, -0.1) is 0 Å². The third-order valence-electron chi connectivity index (χ3n) is 2.07. The van der Waals surface area contributed by atoms with Crippen LogP contribution >= 0.6 is 0 Å². The Morgan fingerprint density at radius 1 is 1.36 bits per heavy atom. The van der Waals surface area contributed by atoms with E-state index in [1.54, 1.807) is 18.2 Å². The Morgan fingerprint density at radius 3 is 2.79 bits per heavy atom. The van der Waals surface area contributed by atoms with Crippen LogP contribution in [0.15, 0.2) is 23.2 Å². The van der Waals surface area contributed by atoms with E-state index in [2.05, 4.69) is 4.99 Å². The van der Waals surface area contributed by atoms with Crippen molar-refractivity contribution in [1.82, 2.24) is 4.58 Å². The van der Waals surface area contributed by atoms with Gasteiger partial charge in [0.15, 0.2) is 0 Å². The molecule has 1 aliphatic heterocycles. The van der Waals surface area contributed by atoms with Crippen LogP contribution in [0.1, 0.15) is 0 Å². The lowest BCUT2D eigenvalue weighted by Gasteiger charge is -1.98. The van der Waals surface area contributed by atoms with E-state index in [1.807, 2.05) is 0 Å². The number of amides is 2. The van der Waals surface area contributed by atoms with Crippen LogP contribution in [0.2, 0.25) is 0 Å². The second-order valence-corrected chi connectivity index (χ2v) is 3.03. The molecule has 0 atom stereocenters. The number of carbonyl (C=O) groups is 2. The monoisotopic (exact) mass is 190 g/mol. The normalized spacial score (nSPS) is 15.1. The zero-order valence-electron chi connectivity index (χ0n) is 7.52. The molecule has 0 saturated carbocycles. The van der Waals surface area contributed by atoms with Crippen LogP contribution in [0.4, 0.5) is 5.69 Å². The van der Waals surface area contributed by atoms with Crippen LogP contribution in [-0.4, -0.2) is 18.9 Å². The molecule has 70 valence electrons. The van der Waals surface area contributed by atoms with Crippen molar-refractivity contribution in [3.05, 3.63) is 28.9 Å². The summed E-state index contributed by atoms with van der Waals surface area (Å²) < 4.78 is 1.27. The summed E-state index contributed by atoms with van der Waals surface area (Å²) in [5.74, 6) is -1.38. The van der Waals surface area contributed by atoms with E-state index in [0.717, 1.165) is 0 Å². The summed E-state index contributed by atoms with van der Waals surface area (Å²) in [6.07, 6.45) is 0. The number of anilines is 1. The first kappa shape index (κ1) is 8.55. The van der Waals surface area contributed by atoms with Crippen molar-refractivity contribution in [1.29, 1.82) is 0 Å². The second kappa shape index (κ2) is 2.73. The van der Waals surface area contributed by atoms with Gasteiger partial charge in [-0.2, -0.15) is 9.57 Å². The van der Waals surface area contributed by atoms with Gasteiger partial charge in [0.2, 0.25) is 5.36 Å². The molecule has 0 aromatic heterocycles. The minimum atomic E-state index is -0.759. The lowest BCUT2D eigenvalue weighted by atomic mass is 10.2. The van der Waals surface area contributed by atoms with Crippen molar-refractivity contribution in [3.63, 3.8) is 0 Å². The summed E-state index contributed by atoms with van der Waals surface area (Å²) in [5, 5.41) is 1.04. The Kier molecular flexibility index (Phi) is 1.67. The molecular formula is C9H8N3O2+. The third-order valence-corrected chi connectivity index (χ3v) is 2.07. The van der Waals surface area contributed by atoms with E-state index < -0.39 is 11.8 Å². The van der Waals surface area contributed by atoms with Crippen LogP contribution in [-0.2, 0) is 9.59 Å². The zero-order valence-corrected chi connectivity index (χ0v) is 7.52. The maximum absolute atomic E-state index is 11.2. The van der Waals surface area contributed by atoms with Crippen LogP contribution in [0.25, 0.3) is 0 Å². The predicted octanol–water partition coefficient (Wildman–Crippen LogP) is -1.92. The van der Waals surface area contributed by atoms with Gasteiger partial charge in [0.05, 0.1) is 0 Å². The Labute approximate surface area is 79.2 Å². The summed E-state index contributed by atoms with van der Waals surface area (Å²) in [6.45, 7) is 0. The second-order valence-electron chi connectivity index (χ2n) is 3.03. The number of carbonyl (C=O) groups excluding carboxylic acids is 2. The van der Waals surface area contributed by atoms with Gasteiger partial charge in [-0.05, 0) is 12.1 Å². The summed E-state index contributed by atoms with van der Waals surface area (Å²) in [4.78, 5) is 25.9. The number of fused-ring (bicyclic) bond motifs is 1. The van der Waals surface area contributed by atoms with Crippen LogP contribution < -0.4 is 21.0 Å². The average Bonchev–Trinajstić information content (AvgIpc) is 2.14. The molecule has 1 aliphatic rings. The fourth-order valence-electron chi connectivity index (χ4n) is 1.32. The molecule has 1 heterocycles. The molecular weight excluding hydrogens is 182 g/mol. The van der Waals surface area contributed by atoms with E-state index in [0.29, 0.717) is 16.4 Å². The number of hydrogen-bond acceptors (Lipinski definition) is 3. The molecule has 0 radical (unpaired) electrons. The van der Waals surface area contributed by atoms with E-state index >= 15 is 0 Å². The van der Waals surface area contributed by atoms with Crippen molar-refractivity contribution in [2.24, 2.45) is 4.99 Å². The smallest absolute Gasteiger partial charge is 0.399 e. The van der Waals surface area contributed by atoms with E-state index in [-0.39, 0.29) is 0 Å². The highest BCUT2D eigenvalue weighted by atomic mass is 16.2. The SMILES string of the molecule is C[N+]1=c2ccc(N)cc2=NC(=O)C1=O. The number of rotatable bonds is 0. The summed E-state index contributed by atoms with van der Waals surface area (Å²) in [7, 11) is 1.53. The summed E-state index contributed by atoms with van der Waals surface area (Å²) in [6, 6.07) is 4.89. The average molecular weight is 190 g/mol. The number of nitrogens with zero attached hydrogens (tertiary/aromatic N) is 2. The molecule has 2 rings (SSSR count). The lowest BCUT2D eigenvalue weighted by molar-refractivity contribution is -0.138. The molecule has 5 heteroatoms. The number of benzene rings is 1. The summed E-state index contributed by atoms with van der Waals surface area (Å²) >= 11 is 0. The first-order chi connectivity index (χ1) is 6.59. The van der Waals surface area contributed by atoms with Crippen molar-refractivity contribution in [3.8, 4) is 0 Å². The zero-order chi connectivity index (χ0) is 10.3. The Bertz CT molecular complexity index is 560. The molecule has 0 saturated heterocycles. The van der Waals surface area contributed by atoms with Crippen LogP contribution in [0.5, 0.6) is 0 Å². The Morgan fingerprint density at radius 2 is 2.07 bits per heavy atom. The van der Waals surface area contributed by atoms with Gasteiger partial charge < -0.3 is 5.73 Å². The maximum Gasteiger partial charge on any atom is 0.479 e. The molecule has 0 aliphatic carbocycles. The molecule has 0 unspecified atom stereocenters. The predicted molar refractivity (Wildman–Crippen MR) is 48.8 cm³/mol. The van der Waals surface area contributed by atoms with Crippen molar-refractivity contribution >= 4 is 17.5 Å². The molecule has 1 aromatic carbocycles. The van der Waals surface area contributed by atoms with E-state index in [1.165, 1.54) is 11.6 Å². The largest absolute Gasteiger partial charge is 0.479 e. The maximum atomic E-state index is 11.2. The highest BCUT2D eigenvalue weighted by Gasteiger charge is 2.27. The highest BCUT2D eigenvalue weighted by Crippen LogP contribution is 1.91. The molecule has 2 amide bonds. The first-order valence-electron chi connectivity index (χ1n) is 4.03. The van der Waals surface area contributed by atoms with Gasteiger partial charge in [0.25, 0.3) is 0 Å². The van der Waals surface area contributed by atoms with Crippen molar-refractivity contribution < 1.29 is 9.59 Å². The minimum absolute atomic E-state index is 0.442. The quantitative estimate of drug-likeness (QED) is 0.294. The van der Waals surface area contributed by atoms with Gasteiger partial charge in [-0.1, -0.05) is 0 Å². The van der Waals surface area contributed by atoms with Gasteiger partial charge >= 0.3 is 11.8 Å². The highest BCUT2D eigenvalue weighted by molar-refractivity contribution is 6.36. The van der Waals surface area contributed by atoms with Crippen LogP contribution in [0.3, 0.4) is 0 Å². The number of hydrogen-bond donors (Lipinski definition) is 1. The fourth-order valence-corrected chi connectivity index (χ4v) is 1.32. The number of nitrogens with two attached hydrogens (primary N) is 1. The fraction of sp³-hybridized carbons (Fsp3) is 0.111. The molecule has 0 spiro atoms. The number of likely N-dealkylation sites (N-methyl/N-ethyl adjacent to an activating group) is 1.